The Morgan fingerprint density at radius 3 is 2.91 bits per heavy atom. The number of nitrogens with zero attached hydrogens (tertiary/aromatic N) is 2. The fraction of sp³-hybridized carbons (Fsp3) is 0.267. The molecule has 0 N–H and O–H groups in total. The lowest BCUT2D eigenvalue weighted by Gasteiger charge is -2.28. The van der Waals surface area contributed by atoms with Gasteiger partial charge in [0.1, 0.15) is 0 Å². The Kier molecular flexibility index (Phi) is 4.22. The van der Waals surface area contributed by atoms with E-state index in [4.69, 9.17) is 0 Å². The molecule has 3 rings (SSSR count). The first kappa shape index (κ1) is 16.5. The molecule has 8 heteroatoms. The summed E-state index contributed by atoms with van der Waals surface area (Å²) >= 11 is 2.15. The number of hydrogen-bond donors (Lipinski definition) is 0. The standard InChI is InChI=1S/C15H16BF3N2S2/c1-4-22-15(17)20(3)16(18,19)21-10(2)9-11-5-6-13-12(14(11)21)7-8-23-13/h4,7-9,15H,1,3,5-6H2,2H3. The molecule has 2 heterocycles. The van der Waals surface area contributed by atoms with E-state index in [1.807, 2.05) is 11.4 Å². The van der Waals surface area contributed by atoms with Gasteiger partial charge in [0.25, 0.3) is 0 Å². The summed E-state index contributed by atoms with van der Waals surface area (Å²) in [4.78, 5) is 1.09. The van der Waals surface area contributed by atoms with Gasteiger partial charge in [0, 0.05) is 16.1 Å². The maximum absolute atomic E-state index is 15.0. The monoisotopic (exact) mass is 356 g/mol. The molecule has 122 valence electrons. The van der Waals surface area contributed by atoms with Crippen molar-refractivity contribution in [3.63, 3.8) is 0 Å². The summed E-state index contributed by atoms with van der Waals surface area (Å²) < 4.78 is 45.2. The maximum Gasteiger partial charge on any atom is 0.734 e. The van der Waals surface area contributed by atoms with Gasteiger partial charge in [-0.3, -0.25) is 0 Å². The van der Waals surface area contributed by atoms with Crippen molar-refractivity contribution < 1.29 is 17.5 Å². The van der Waals surface area contributed by atoms with E-state index < -0.39 is 12.6 Å². The highest BCUT2D eigenvalue weighted by molar-refractivity contribution is 8.02. The second kappa shape index (κ2) is 5.90. The average molecular weight is 356 g/mol. The van der Waals surface area contributed by atoms with Gasteiger partial charge in [0.2, 0.25) is 0 Å². The lowest BCUT2D eigenvalue weighted by Crippen LogP contribution is -2.49. The van der Waals surface area contributed by atoms with E-state index >= 15 is 8.63 Å². The van der Waals surface area contributed by atoms with Gasteiger partial charge in [-0.25, -0.2) is 0 Å². The SMILES string of the molecule is C=CSC(F)[N+](=C)[B-](F)(F)n1c(C)cc2c1-c1ccsc1CC2. The third-order valence-electron chi connectivity index (χ3n) is 4.11. The van der Waals surface area contributed by atoms with Crippen LogP contribution in [-0.4, -0.2) is 28.3 Å². The van der Waals surface area contributed by atoms with Crippen LogP contribution in [0.25, 0.3) is 11.3 Å². The number of aromatic nitrogens is 1. The van der Waals surface area contributed by atoms with Gasteiger partial charge >= 0.3 is 12.6 Å². The molecular weight excluding hydrogens is 340 g/mol. The summed E-state index contributed by atoms with van der Waals surface area (Å²) in [5.41, 5.74) is 0.676. The van der Waals surface area contributed by atoms with Crippen LogP contribution >= 0.6 is 23.1 Å². The molecule has 1 aliphatic rings. The third-order valence-corrected chi connectivity index (χ3v) is 5.78. The first-order chi connectivity index (χ1) is 10.9. The first-order valence-electron chi connectivity index (χ1n) is 7.17. The van der Waals surface area contributed by atoms with Crippen molar-refractivity contribution in [3.05, 3.63) is 45.6 Å². The van der Waals surface area contributed by atoms with Gasteiger partial charge < -0.3 is 17.6 Å². The maximum atomic E-state index is 15.0. The van der Waals surface area contributed by atoms with Crippen LogP contribution in [0.3, 0.4) is 0 Å². The minimum atomic E-state index is -4.35. The van der Waals surface area contributed by atoms with Crippen LogP contribution < -0.4 is 0 Å². The number of thioether (sulfide) groups is 1. The number of alkyl halides is 1. The molecule has 0 saturated heterocycles. The van der Waals surface area contributed by atoms with Gasteiger partial charge in [0.15, 0.2) is 0 Å². The molecule has 0 spiro atoms. The van der Waals surface area contributed by atoms with Gasteiger partial charge in [-0.15, -0.1) is 11.3 Å². The smallest absolute Gasteiger partial charge is 0.394 e. The molecule has 2 aromatic rings. The zero-order valence-electron chi connectivity index (χ0n) is 12.6. The summed E-state index contributed by atoms with van der Waals surface area (Å²) in [5, 5.41) is 3.11. The van der Waals surface area contributed by atoms with E-state index in [9.17, 15) is 4.39 Å². The summed E-state index contributed by atoms with van der Waals surface area (Å²) in [6, 6.07) is 3.63. The van der Waals surface area contributed by atoms with Crippen LogP contribution in [0, 0.1) is 6.92 Å². The molecule has 1 atom stereocenters. The minimum absolute atomic E-state index is 0.250. The van der Waals surface area contributed by atoms with E-state index in [1.165, 1.54) is 5.41 Å². The number of thiophene rings is 1. The molecule has 1 aliphatic carbocycles. The summed E-state index contributed by atoms with van der Waals surface area (Å²) in [6.45, 7) is 3.91. The molecule has 1 unspecified atom stereocenters. The topological polar surface area (TPSA) is 7.94 Å². The lowest BCUT2D eigenvalue weighted by atomic mass is 9.91. The van der Waals surface area contributed by atoms with E-state index in [0.717, 1.165) is 33.3 Å². The molecule has 23 heavy (non-hydrogen) atoms. The number of hydrogen-bond acceptors (Lipinski definition) is 2. The third kappa shape index (κ3) is 2.57. The van der Waals surface area contributed by atoms with Crippen molar-refractivity contribution in [2.24, 2.45) is 0 Å². The normalized spacial score (nSPS) is 15.0. The zero-order chi connectivity index (χ0) is 16.8. The quantitative estimate of drug-likeness (QED) is 0.327. The minimum Gasteiger partial charge on any atom is -0.394 e. The van der Waals surface area contributed by atoms with Crippen LogP contribution in [0.5, 0.6) is 0 Å². The molecule has 0 amide bonds. The fourth-order valence-corrected chi connectivity index (χ4v) is 4.40. The van der Waals surface area contributed by atoms with E-state index in [0.29, 0.717) is 23.1 Å². The second-order valence-electron chi connectivity index (χ2n) is 5.48. The highest BCUT2D eigenvalue weighted by Crippen LogP contribution is 2.40. The molecule has 2 aromatic heterocycles. The van der Waals surface area contributed by atoms with Crippen molar-refractivity contribution in [2.45, 2.75) is 25.4 Å². The van der Waals surface area contributed by atoms with Crippen molar-refractivity contribution in [1.82, 2.24) is 4.48 Å². The fourth-order valence-electron chi connectivity index (χ4n) is 3.06. The van der Waals surface area contributed by atoms with Crippen molar-refractivity contribution in [3.8, 4) is 11.3 Å². The second-order valence-corrected chi connectivity index (χ2v) is 7.48. The number of halogens is 3. The molecule has 0 saturated carbocycles. The lowest BCUT2D eigenvalue weighted by molar-refractivity contribution is -0.463. The van der Waals surface area contributed by atoms with Gasteiger partial charge in [-0.2, -0.15) is 4.39 Å². The van der Waals surface area contributed by atoms with E-state index in [-0.39, 0.29) is 4.49 Å². The molecule has 0 bridgehead atoms. The van der Waals surface area contributed by atoms with E-state index in [1.54, 1.807) is 24.3 Å². The predicted molar refractivity (Wildman–Crippen MR) is 93.3 cm³/mol. The first-order valence-corrected chi connectivity index (χ1v) is 8.99. The van der Waals surface area contributed by atoms with Crippen LogP contribution in [0.2, 0.25) is 0 Å². The number of aryl methyl sites for hydroxylation is 3. The highest BCUT2D eigenvalue weighted by atomic mass is 32.2. The van der Waals surface area contributed by atoms with Crippen LogP contribution in [0.1, 0.15) is 16.1 Å². The van der Waals surface area contributed by atoms with Crippen LogP contribution in [0.15, 0.2) is 29.5 Å². The number of fused-ring (bicyclic) bond motifs is 3. The van der Waals surface area contributed by atoms with Gasteiger partial charge in [-0.1, -0.05) is 6.58 Å². The van der Waals surface area contributed by atoms with E-state index in [2.05, 4.69) is 13.3 Å². The zero-order valence-corrected chi connectivity index (χ0v) is 14.3. The predicted octanol–water partition coefficient (Wildman–Crippen LogP) is 4.69. The summed E-state index contributed by atoms with van der Waals surface area (Å²) in [6.07, 6.45) is 1.58. The molecule has 0 aromatic carbocycles. The summed E-state index contributed by atoms with van der Waals surface area (Å²) in [5.74, 6) is 0. The Hall–Kier alpha value is -1.41. The Morgan fingerprint density at radius 2 is 2.22 bits per heavy atom. The van der Waals surface area contributed by atoms with Crippen molar-refractivity contribution in [2.75, 3.05) is 0 Å². The van der Waals surface area contributed by atoms with Crippen molar-refractivity contribution in [1.29, 1.82) is 0 Å². The van der Waals surface area contributed by atoms with Gasteiger partial charge in [-0.05, 0) is 65.7 Å². The van der Waals surface area contributed by atoms with Crippen LogP contribution in [-0.2, 0) is 12.8 Å². The molecule has 2 nitrogen and oxygen atoms in total. The van der Waals surface area contributed by atoms with Gasteiger partial charge in [0.05, 0.1) is 6.72 Å². The Morgan fingerprint density at radius 1 is 1.48 bits per heavy atom. The highest BCUT2D eigenvalue weighted by Gasteiger charge is 2.49. The summed E-state index contributed by atoms with van der Waals surface area (Å²) in [7, 11) is 0. The molecule has 0 fully saturated rings. The average Bonchev–Trinajstić information content (AvgIpc) is 3.09. The Bertz CT molecular complexity index is 782. The van der Waals surface area contributed by atoms with Crippen molar-refractivity contribution >= 4 is 36.8 Å². The largest absolute Gasteiger partial charge is 0.734 e. The Labute approximate surface area is 141 Å². The van der Waals surface area contributed by atoms with Crippen LogP contribution in [0.4, 0.5) is 13.0 Å². The number of rotatable bonds is 5. The molecule has 0 radical (unpaired) electrons. The molecule has 0 aliphatic heterocycles. The molecular formula is C15H16BF3N2S2. The Balaban J connectivity index is 2.13.